The van der Waals surface area contributed by atoms with E-state index in [1.807, 2.05) is 0 Å². The molecule has 0 atom stereocenters. The number of hydrogen-bond acceptors (Lipinski definition) is 1. The van der Waals surface area contributed by atoms with E-state index in [9.17, 15) is 0 Å². The molecule has 0 aliphatic carbocycles. The van der Waals surface area contributed by atoms with Crippen molar-refractivity contribution in [2.75, 3.05) is 20.6 Å². The SMILES string of the molecule is CN(C)CCCC[n+]1ccccc1.[Cl-]. The van der Waals surface area contributed by atoms with Crippen molar-refractivity contribution in [3.05, 3.63) is 30.6 Å². The number of halogens is 1. The van der Waals surface area contributed by atoms with Crippen molar-refractivity contribution in [1.29, 1.82) is 0 Å². The fourth-order valence-corrected chi connectivity index (χ4v) is 1.31. The Labute approximate surface area is 93.0 Å². The number of aromatic nitrogens is 1. The summed E-state index contributed by atoms with van der Waals surface area (Å²) in [5.41, 5.74) is 0. The van der Waals surface area contributed by atoms with Crippen LogP contribution in [-0.2, 0) is 6.54 Å². The number of nitrogens with zero attached hydrogens (tertiary/aromatic N) is 2. The van der Waals surface area contributed by atoms with Crippen LogP contribution in [0.25, 0.3) is 0 Å². The summed E-state index contributed by atoms with van der Waals surface area (Å²) in [4.78, 5) is 2.23. The predicted octanol–water partition coefficient (Wildman–Crippen LogP) is -1.68. The zero-order valence-electron chi connectivity index (χ0n) is 8.99. The van der Waals surface area contributed by atoms with Gasteiger partial charge in [0.15, 0.2) is 12.4 Å². The number of hydrogen-bond donors (Lipinski definition) is 0. The van der Waals surface area contributed by atoms with Gasteiger partial charge in [0.1, 0.15) is 6.54 Å². The van der Waals surface area contributed by atoms with Gasteiger partial charge in [0.25, 0.3) is 0 Å². The molecule has 14 heavy (non-hydrogen) atoms. The molecule has 1 aromatic rings. The van der Waals surface area contributed by atoms with Gasteiger partial charge in [-0.2, -0.15) is 0 Å². The molecule has 0 aliphatic rings. The lowest BCUT2D eigenvalue weighted by atomic mass is 10.3. The van der Waals surface area contributed by atoms with Crippen molar-refractivity contribution in [2.45, 2.75) is 19.4 Å². The van der Waals surface area contributed by atoms with Crippen molar-refractivity contribution < 1.29 is 17.0 Å². The Kier molecular flexibility index (Phi) is 7.44. The van der Waals surface area contributed by atoms with Gasteiger partial charge in [0.2, 0.25) is 0 Å². The molecular weight excluding hydrogens is 196 g/mol. The quantitative estimate of drug-likeness (QED) is 0.420. The Morgan fingerprint density at radius 2 is 1.64 bits per heavy atom. The fourth-order valence-electron chi connectivity index (χ4n) is 1.31. The molecule has 0 radical (unpaired) electrons. The lowest BCUT2D eigenvalue weighted by molar-refractivity contribution is -0.697. The lowest BCUT2D eigenvalue weighted by Gasteiger charge is -2.07. The van der Waals surface area contributed by atoms with E-state index in [1.165, 1.54) is 19.4 Å². The molecule has 0 aromatic carbocycles. The van der Waals surface area contributed by atoms with E-state index in [1.54, 1.807) is 0 Å². The first-order valence-corrected chi connectivity index (χ1v) is 4.88. The number of rotatable bonds is 5. The van der Waals surface area contributed by atoms with Gasteiger partial charge < -0.3 is 17.3 Å². The Morgan fingerprint density at radius 3 is 2.21 bits per heavy atom. The molecule has 1 rings (SSSR count). The van der Waals surface area contributed by atoms with Crippen LogP contribution in [0.4, 0.5) is 0 Å². The van der Waals surface area contributed by atoms with Gasteiger partial charge in [0.05, 0.1) is 0 Å². The highest BCUT2D eigenvalue weighted by Gasteiger charge is 1.97. The second-order valence-corrected chi connectivity index (χ2v) is 3.62. The van der Waals surface area contributed by atoms with Gasteiger partial charge in [-0.1, -0.05) is 6.07 Å². The number of aryl methyl sites for hydroxylation is 1. The van der Waals surface area contributed by atoms with E-state index in [-0.39, 0.29) is 12.4 Å². The average Bonchev–Trinajstić information content (AvgIpc) is 2.14. The zero-order valence-corrected chi connectivity index (χ0v) is 9.74. The van der Waals surface area contributed by atoms with Crippen LogP contribution in [-0.4, -0.2) is 25.5 Å². The monoisotopic (exact) mass is 214 g/mol. The van der Waals surface area contributed by atoms with Gasteiger partial charge in [-0.15, -0.1) is 0 Å². The summed E-state index contributed by atoms with van der Waals surface area (Å²) in [6, 6.07) is 6.20. The molecule has 3 heteroatoms. The molecule has 0 bridgehead atoms. The summed E-state index contributed by atoms with van der Waals surface area (Å²) in [5.74, 6) is 0. The van der Waals surface area contributed by atoms with E-state index in [4.69, 9.17) is 0 Å². The van der Waals surface area contributed by atoms with Crippen molar-refractivity contribution in [3.8, 4) is 0 Å². The molecule has 0 saturated heterocycles. The van der Waals surface area contributed by atoms with Crippen molar-refractivity contribution >= 4 is 0 Å². The molecule has 0 N–H and O–H groups in total. The number of pyridine rings is 1. The fraction of sp³-hybridized carbons (Fsp3) is 0.545. The van der Waals surface area contributed by atoms with Crippen LogP contribution in [0.5, 0.6) is 0 Å². The average molecular weight is 215 g/mol. The van der Waals surface area contributed by atoms with Crippen molar-refractivity contribution in [3.63, 3.8) is 0 Å². The first-order valence-electron chi connectivity index (χ1n) is 4.88. The summed E-state index contributed by atoms with van der Waals surface area (Å²) < 4.78 is 2.23. The molecular formula is C11H19ClN2. The molecule has 80 valence electrons. The van der Waals surface area contributed by atoms with E-state index >= 15 is 0 Å². The molecule has 2 nitrogen and oxygen atoms in total. The molecule has 1 aromatic heterocycles. The standard InChI is InChI=1S/C11H19N2.ClH/c1-12(2)8-6-7-11-13-9-4-3-5-10-13;/h3-5,9-10H,6-8,11H2,1-2H3;1H/q+1;/p-1. The summed E-state index contributed by atoms with van der Waals surface area (Å²) >= 11 is 0. The summed E-state index contributed by atoms with van der Waals surface area (Å²) in [7, 11) is 4.24. The minimum absolute atomic E-state index is 0. The van der Waals surface area contributed by atoms with Gasteiger partial charge >= 0.3 is 0 Å². The maximum Gasteiger partial charge on any atom is 0.168 e. The minimum atomic E-state index is 0. The third kappa shape index (κ3) is 5.95. The van der Waals surface area contributed by atoms with Crippen LogP contribution in [0.1, 0.15) is 12.8 Å². The smallest absolute Gasteiger partial charge is 0.168 e. The third-order valence-corrected chi connectivity index (χ3v) is 2.05. The Balaban J connectivity index is 0.00000169. The van der Waals surface area contributed by atoms with Gasteiger partial charge in [0, 0.05) is 18.6 Å². The van der Waals surface area contributed by atoms with Gasteiger partial charge in [-0.25, -0.2) is 4.57 Å². The van der Waals surface area contributed by atoms with E-state index in [0.29, 0.717) is 0 Å². The maximum atomic E-state index is 2.23. The summed E-state index contributed by atoms with van der Waals surface area (Å²) in [6.07, 6.45) is 6.77. The van der Waals surface area contributed by atoms with Gasteiger partial charge in [-0.3, -0.25) is 0 Å². The molecule has 0 saturated carbocycles. The summed E-state index contributed by atoms with van der Waals surface area (Å²) in [5, 5.41) is 0. The van der Waals surface area contributed by atoms with Crippen LogP contribution in [0.2, 0.25) is 0 Å². The van der Waals surface area contributed by atoms with Crippen LogP contribution in [0.15, 0.2) is 30.6 Å². The molecule has 0 fully saturated rings. The third-order valence-electron chi connectivity index (χ3n) is 2.05. The highest BCUT2D eigenvalue weighted by Crippen LogP contribution is 1.90. The first-order chi connectivity index (χ1) is 6.29. The Morgan fingerprint density at radius 1 is 1.00 bits per heavy atom. The minimum Gasteiger partial charge on any atom is -1.00 e. The highest BCUT2D eigenvalue weighted by atomic mass is 35.5. The van der Waals surface area contributed by atoms with Crippen molar-refractivity contribution in [1.82, 2.24) is 4.90 Å². The second-order valence-electron chi connectivity index (χ2n) is 3.62. The number of unbranched alkanes of at least 4 members (excludes halogenated alkanes) is 1. The van der Waals surface area contributed by atoms with Gasteiger partial charge in [-0.05, 0) is 27.1 Å². The lowest BCUT2D eigenvalue weighted by Crippen LogP contribution is -3.00. The largest absolute Gasteiger partial charge is 1.00 e. The molecule has 0 amide bonds. The molecule has 1 heterocycles. The van der Waals surface area contributed by atoms with Crippen LogP contribution in [0, 0.1) is 0 Å². The Hall–Kier alpha value is -0.600. The van der Waals surface area contributed by atoms with Crippen LogP contribution in [0.3, 0.4) is 0 Å². The summed E-state index contributed by atoms with van der Waals surface area (Å²) in [6.45, 7) is 2.32. The van der Waals surface area contributed by atoms with Crippen LogP contribution >= 0.6 is 0 Å². The maximum absolute atomic E-state index is 2.23. The molecule has 0 spiro atoms. The molecule has 0 aliphatic heterocycles. The van der Waals surface area contributed by atoms with Crippen LogP contribution < -0.4 is 17.0 Å². The topological polar surface area (TPSA) is 7.12 Å². The van der Waals surface area contributed by atoms with E-state index < -0.39 is 0 Å². The van der Waals surface area contributed by atoms with E-state index in [0.717, 1.165) is 6.54 Å². The zero-order chi connectivity index (χ0) is 9.52. The second kappa shape index (κ2) is 7.77. The Bertz CT molecular complexity index is 224. The normalized spacial score (nSPS) is 9.93. The predicted molar refractivity (Wildman–Crippen MR) is 54.4 cm³/mol. The molecule has 0 unspecified atom stereocenters. The van der Waals surface area contributed by atoms with Crippen molar-refractivity contribution in [2.24, 2.45) is 0 Å². The first kappa shape index (κ1) is 13.4. The highest BCUT2D eigenvalue weighted by molar-refractivity contribution is 4.83. The van der Waals surface area contributed by atoms with E-state index in [2.05, 4.69) is 54.2 Å².